The van der Waals surface area contributed by atoms with Crippen LogP contribution in [0.5, 0.6) is 11.5 Å². The zero-order valence-electron chi connectivity index (χ0n) is 29.0. The second kappa shape index (κ2) is 14.9. The number of methoxy groups -OCH3 is 1. The summed E-state index contributed by atoms with van der Waals surface area (Å²) >= 11 is 0. The molecule has 0 N–H and O–H groups in total. The molecule has 10 heteroatoms. The minimum atomic E-state index is -4.38. The number of hydrogen-bond donors (Lipinski definition) is 0. The number of amides is 1. The predicted octanol–water partition coefficient (Wildman–Crippen LogP) is 7.39. The van der Waals surface area contributed by atoms with Gasteiger partial charge in [-0.15, -0.1) is 0 Å². The van der Waals surface area contributed by atoms with Crippen LogP contribution < -0.4 is 9.47 Å². The SMILES string of the molecule is CCOc1cc2c(cc1OC)C(c1ccc(C(=O)N(C(C)C)[C@@H](C)COCc3ccc(C(F)(F)F)cc3)cc1)N(C)[C@@H]1CCN(C)C[C@H]21. The molecule has 48 heavy (non-hydrogen) atoms. The number of nitrogens with zero attached hydrogens (tertiary/aromatic N) is 3. The van der Waals surface area contributed by atoms with E-state index in [0.717, 1.165) is 43.0 Å². The smallest absolute Gasteiger partial charge is 0.416 e. The molecule has 260 valence electrons. The van der Waals surface area contributed by atoms with Crippen LogP contribution in [-0.2, 0) is 17.5 Å². The summed E-state index contributed by atoms with van der Waals surface area (Å²) in [6.45, 7) is 10.8. The van der Waals surface area contributed by atoms with Gasteiger partial charge in [-0.3, -0.25) is 9.69 Å². The number of hydrogen-bond acceptors (Lipinski definition) is 6. The number of alkyl halides is 3. The van der Waals surface area contributed by atoms with E-state index in [1.165, 1.54) is 23.3 Å². The molecule has 3 aromatic carbocycles. The van der Waals surface area contributed by atoms with Crippen molar-refractivity contribution >= 4 is 5.91 Å². The molecule has 1 unspecified atom stereocenters. The lowest BCUT2D eigenvalue weighted by Gasteiger charge is -2.50. The molecule has 0 saturated carbocycles. The quantitative estimate of drug-likeness (QED) is 0.213. The molecule has 3 aromatic rings. The van der Waals surface area contributed by atoms with Crippen LogP contribution in [0.3, 0.4) is 0 Å². The number of benzene rings is 3. The molecule has 0 aromatic heterocycles. The van der Waals surface area contributed by atoms with E-state index in [1.54, 1.807) is 12.0 Å². The van der Waals surface area contributed by atoms with Crippen molar-refractivity contribution in [2.75, 3.05) is 47.5 Å². The summed E-state index contributed by atoms with van der Waals surface area (Å²) in [5.41, 5.74) is 4.11. The summed E-state index contributed by atoms with van der Waals surface area (Å²) in [5.74, 6) is 1.72. The van der Waals surface area contributed by atoms with E-state index in [4.69, 9.17) is 14.2 Å². The van der Waals surface area contributed by atoms with Crippen molar-refractivity contribution in [2.24, 2.45) is 0 Å². The van der Waals surface area contributed by atoms with Gasteiger partial charge in [0.2, 0.25) is 0 Å². The maximum atomic E-state index is 13.9. The highest BCUT2D eigenvalue weighted by Crippen LogP contribution is 2.48. The van der Waals surface area contributed by atoms with E-state index < -0.39 is 11.7 Å². The fourth-order valence-corrected chi connectivity index (χ4v) is 7.42. The van der Waals surface area contributed by atoms with Gasteiger partial charge in [0.25, 0.3) is 5.91 Å². The molecule has 5 rings (SSSR count). The van der Waals surface area contributed by atoms with Gasteiger partial charge in [0, 0.05) is 30.1 Å². The normalized spacial score (nSPS) is 20.6. The number of likely N-dealkylation sites (tertiary alicyclic amines) is 1. The second-order valence-electron chi connectivity index (χ2n) is 13.3. The third-order valence-corrected chi connectivity index (χ3v) is 9.72. The Bertz CT molecular complexity index is 1540. The molecule has 2 aliphatic heterocycles. The molecule has 0 spiro atoms. The van der Waals surface area contributed by atoms with Crippen LogP contribution in [-0.4, -0.2) is 86.2 Å². The minimum Gasteiger partial charge on any atom is -0.493 e. The maximum Gasteiger partial charge on any atom is 0.416 e. The molecule has 1 amide bonds. The fourth-order valence-electron chi connectivity index (χ4n) is 7.42. The van der Waals surface area contributed by atoms with Gasteiger partial charge in [-0.05, 0) is 113 Å². The van der Waals surface area contributed by atoms with E-state index in [-0.39, 0.29) is 37.2 Å². The van der Waals surface area contributed by atoms with Gasteiger partial charge in [-0.1, -0.05) is 24.3 Å². The average molecular weight is 668 g/mol. The Balaban J connectivity index is 1.34. The van der Waals surface area contributed by atoms with Crippen LogP contribution in [0.25, 0.3) is 0 Å². The van der Waals surface area contributed by atoms with Crippen LogP contribution in [0.4, 0.5) is 13.2 Å². The van der Waals surface area contributed by atoms with E-state index >= 15 is 0 Å². The highest BCUT2D eigenvalue weighted by Gasteiger charge is 2.42. The Hall–Kier alpha value is -3.60. The van der Waals surface area contributed by atoms with Crippen LogP contribution in [0.2, 0.25) is 0 Å². The highest BCUT2D eigenvalue weighted by molar-refractivity contribution is 5.94. The molecule has 4 atom stereocenters. The van der Waals surface area contributed by atoms with Gasteiger partial charge < -0.3 is 24.0 Å². The van der Waals surface area contributed by atoms with Gasteiger partial charge in [0.1, 0.15) is 0 Å². The Labute approximate surface area is 282 Å². The van der Waals surface area contributed by atoms with Gasteiger partial charge in [0.05, 0.1) is 44.6 Å². The zero-order chi connectivity index (χ0) is 34.7. The number of likely N-dealkylation sites (N-methyl/N-ethyl adjacent to an activating group) is 2. The predicted molar refractivity (Wildman–Crippen MR) is 181 cm³/mol. The van der Waals surface area contributed by atoms with Gasteiger partial charge >= 0.3 is 6.18 Å². The number of ether oxygens (including phenoxy) is 3. The number of piperidine rings is 1. The zero-order valence-corrected chi connectivity index (χ0v) is 29.0. The number of halogens is 3. The molecule has 1 fully saturated rings. The summed E-state index contributed by atoms with van der Waals surface area (Å²) < 4.78 is 56.3. The standard InChI is InChI=1S/C38H48F3N3O4/c1-8-48-35-19-30-31(20-34(35)46-7)36(43(6)33-17-18-42(5)21-32(30)33)27-11-13-28(14-12-27)37(45)44(24(2)3)25(4)22-47-23-26-9-15-29(16-10-26)38(39,40)41/h9-16,19-20,24-25,32-33,36H,8,17-18,21-23H2,1-7H3/t25-,32+,33+,36?/m0/s1. The topological polar surface area (TPSA) is 54.5 Å². The summed E-state index contributed by atoms with van der Waals surface area (Å²) in [4.78, 5) is 20.5. The first kappa shape index (κ1) is 35.7. The number of carbonyl (C=O) groups is 1. The fraction of sp³-hybridized carbons (Fsp3) is 0.500. The molecule has 0 aliphatic carbocycles. The lowest BCUT2D eigenvalue weighted by Crippen LogP contribution is -2.52. The number of rotatable bonds is 11. The average Bonchev–Trinajstić information content (AvgIpc) is 3.05. The summed E-state index contributed by atoms with van der Waals surface area (Å²) in [6.07, 6.45) is -3.32. The van der Waals surface area contributed by atoms with Crippen LogP contribution >= 0.6 is 0 Å². The van der Waals surface area contributed by atoms with Crippen molar-refractivity contribution in [3.8, 4) is 11.5 Å². The summed E-state index contributed by atoms with van der Waals surface area (Å²) in [6, 6.07) is 17.2. The van der Waals surface area contributed by atoms with Crippen molar-refractivity contribution < 1.29 is 32.2 Å². The first-order valence-electron chi connectivity index (χ1n) is 16.8. The monoisotopic (exact) mass is 667 g/mol. The van der Waals surface area contributed by atoms with Crippen molar-refractivity contribution in [3.63, 3.8) is 0 Å². The molecule has 0 bridgehead atoms. The largest absolute Gasteiger partial charge is 0.493 e. The molecular formula is C38H48F3N3O4. The third kappa shape index (κ3) is 7.51. The first-order valence-corrected chi connectivity index (χ1v) is 16.8. The third-order valence-electron chi connectivity index (χ3n) is 9.72. The van der Waals surface area contributed by atoms with Crippen LogP contribution in [0, 0.1) is 0 Å². The Kier molecular flexibility index (Phi) is 11.1. The molecule has 0 radical (unpaired) electrons. The lowest BCUT2D eigenvalue weighted by molar-refractivity contribution is -0.137. The van der Waals surface area contributed by atoms with E-state index in [1.807, 2.05) is 39.8 Å². The Morgan fingerprint density at radius 1 is 0.979 bits per heavy atom. The second-order valence-corrected chi connectivity index (χ2v) is 13.3. The number of carbonyl (C=O) groups excluding carboxylic acids is 1. The minimum absolute atomic E-state index is 0.0166. The van der Waals surface area contributed by atoms with E-state index in [9.17, 15) is 18.0 Å². The van der Waals surface area contributed by atoms with Crippen molar-refractivity contribution in [2.45, 2.75) is 77.0 Å². The van der Waals surface area contributed by atoms with Gasteiger partial charge in [0.15, 0.2) is 11.5 Å². The van der Waals surface area contributed by atoms with Crippen molar-refractivity contribution in [1.82, 2.24) is 14.7 Å². The maximum absolute atomic E-state index is 13.9. The Morgan fingerprint density at radius 3 is 2.25 bits per heavy atom. The van der Waals surface area contributed by atoms with E-state index in [2.05, 4.69) is 48.2 Å². The Morgan fingerprint density at radius 2 is 1.65 bits per heavy atom. The van der Waals surface area contributed by atoms with Crippen LogP contribution in [0.15, 0.2) is 60.7 Å². The van der Waals surface area contributed by atoms with Crippen molar-refractivity contribution in [3.05, 3.63) is 94.0 Å². The molecule has 2 aliphatic rings. The first-order chi connectivity index (χ1) is 22.8. The number of fused-ring (bicyclic) bond motifs is 3. The molecule has 7 nitrogen and oxygen atoms in total. The van der Waals surface area contributed by atoms with Gasteiger partial charge in [-0.2, -0.15) is 13.2 Å². The molecule has 1 saturated heterocycles. The van der Waals surface area contributed by atoms with Crippen molar-refractivity contribution in [1.29, 1.82) is 0 Å². The highest BCUT2D eigenvalue weighted by atomic mass is 19.4. The van der Waals surface area contributed by atoms with E-state index in [0.29, 0.717) is 35.4 Å². The molecule has 2 heterocycles. The lowest BCUT2D eigenvalue weighted by atomic mass is 9.75. The van der Waals surface area contributed by atoms with Crippen LogP contribution in [0.1, 0.15) is 84.3 Å². The molecular weight excluding hydrogens is 619 g/mol. The summed E-state index contributed by atoms with van der Waals surface area (Å²) in [7, 11) is 6.05. The van der Waals surface area contributed by atoms with Gasteiger partial charge in [-0.25, -0.2) is 0 Å². The summed E-state index contributed by atoms with van der Waals surface area (Å²) in [5, 5.41) is 0.